The molecule has 258 valence electrons. The van der Waals surface area contributed by atoms with Crippen LogP contribution in [0.15, 0.2) is 36.5 Å². The van der Waals surface area contributed by atoms with Crippen molar-refractivity contribution in [1.82, 2.24) is 5.32 Å². The van der Waals surface area contributed by atoms with E-state index in [0.29, 0.717) is 6.42 Å². The van der Waals surface area contributed by atoms with Gasteiger partial charge < -0.3 is 10.4 Å². The Kier molecular flexibility index (Phi) is 30.5. The molecule has 1 amide bonds. The van der Waals surface area contributed by atoms with Crippen LogP contribution >= 0.6 is 0 Å². The fourth-order valence-electron chi connectivity index (χ4n) is 5.30. The number of hydrogen-bond acceptors (Lipinski definition) is 4. The fraction of sp³-hybridized carbons (Fsp3) is 0.811. The van der Waals surface area contributed by atoms with Crippen LogP contribution in [0, 0.1) is 0 Å². The molecule has 44 heavy (non-hydrogen) atoms. The molecule has 0 aliphatic carbocycles. The first-order valence-corrected chi connectivity index (χ1v) is 19.8. The van der Waals surface area contributed by atoms with Crippen molar-refractivity contribution in [2.75, 3.05) is 5.75 Å². The number of nitrogens with one attached hydrogen (secondary N) is 1. The number of carbonyl (C=O) groups is 1. The molecular weight excluding hydrogens is 570 g/mol. The van der Waals surface area contributed by atoms with Crippen molar-refractivity contribution in [3.05, 3.63) is 36.5 Å². The summed E-state index contributed by atoms with van der Waals surface area (Å²) < 4.78 is 32.3. The molecule has 0 aromatic heterocycles. The molecule has 2 unspecified atom stereocenters. The molecule has 0 fully saturated rings. The zero-order valence-electron chi connectivity index (χ0n) is 28.5. The Morgan fingerprint density at radius 1 is 0.591 bits per heavy atom. The SMILES string of the molecule is CCCCCCCCC/C=C/CC/C=C/CC/C=C/C(O)C(CS(=O)(=O)O)NC(=O)CCCCCCCCCCCCCC. The van der Waals surface area contributed by atoms with Crippen molar-refractivity contribution in [2.45, 2.75) is 187 Å². The topological polar surface area (TPSA) is 104 Å². The molecular formula is C37H69NO5S. The smallest absolute Gasteiger partial charge is 0.267 e. The molecule has 0 aliphatic heterocycles. The van der Waals surface area contributed by atoms with E-state index >= 15 is 0 Å². The van der Waals surface area contributed by atoms with Gasteiger partial charge in [0, 0.05) is 6.42 Å². The average Bonchev–Trinajstić information content (AvgIpc) is 2.98. The highest BCUT2D eigenvalue weighted by Gasteiger charge is 2.24. The third-order valence-corrected chi connectivity index (χ3v) is 8.83. The van der Waals surface area contributed by atoms with E-state index in [1.807, 2.05) is 0 Å². The van der Waals surface area contributed by atoms with Crippen molar-refractivity contribution in [1.29, 1.82) is 0 Å². The molecule has 3 N–H and O–H groups in total. The molecule has 0 radical (unpaired) electrons. The number of rotatable bonds is 32. The Hall–Kier alpha value is -1.44. The average molecular weight is 640 g/mol. The maximum atomic E-state index is 12.4. The van der Waals surface area contributed by atoms with Crippen molar-refractivity contribution < 1.29 is 22.9 Å². The summed E-state index contributed by atoms with van der Waals surface area (Å²) in [6.45, 7) is 4.49. The molecule has 0 rings (SSSR count). The van der Waals surface area contributed by atoms with E-state index in [2.05, 4.69) is 43.5 Å². The van der Waals surface area contributed by atoms with E-state index in [9.17, 15) is 22.9 Å². The molecule has 0 spiro atoms. The normalized spacial score (nSPS) is 13.8. The summed E-state index contributed by atoms with van der Waals surface area (Å²) in [4.78, 5) is 12.4. The summed E-state index contributed by atoms with van der Waals surface area (Å²) in [6.07, 6.45) is 39.8. The largest absolute Gasteiger partial charge is 0.387 e. The Labute approximate surface area is 272 Å². The summed E-state index contributed by atoms with van der Waals surface area (Å²) in [7, 11) is -4.35. The van der Waals surface area contributed by atoms with Gasteiger partial charge in [-0.05, 0) is 44.9 Å². The number of aliphatic hydroxyl groups excluding tert-OH is 1. The van der Waals surface area contributed by atoms with Gasteiger partial charge in [0.25, 0.3) is 10.1 Å². The summed E-state index contributed by atoms with van der Waals surface area (Å²) in [5, 5.41) is 13.1. The van der Waals surface area contributed by atoms with Crippen LogP contribution in [0.5, 0.6) is 0 Å². The lowest BCUT2D eigenvalue weighted by atomic mass is 10.0. The maximum absolute atomic E-state index is 12.4. The van der Waals surface area contributed by atoms with E-state index in [-0.39, 0.29) is 12.3 Å². The van der Waals surface area contributed by atoms with Crippen LogP contribution in [-0.2, 0) is 14.9 Å². The predicted octanol–water partition coefficient (Wildman–Crippen LogP) is 10.2. The third kappa shape index (κ3) is 32.0. The lowest BCUT2D eigenvalue weighted by Crippen LogP contribution is -2.46. The molecule has 7 heteroatoms. The number of unbranched alkanes of at least 4 members (excludes halogenated alkanes) is 20. The van der Waals surface area contributed by atoms with E-state index in [1.54, 1.807) is 6.08 Å². The van der Waals surface area contributed by atoms with Crippen LogP contribution in [0.4, 0.5) is 0 Å². The molecule has 0 saturated carbocycles. The van der Waals surface area contributed by atoms with Gasteiger partial charge in [-0.15, -0.1) is 0 Å². The van der Waals surface area contributed by atoms with Crippen LogP contribution in [0.25, 0.3) is 0 Å². The number of amides is 1. The summed E-state index contributed by atoms with van der Waals surface area (Å²) in [5.41, 5.74) is 0. The maximum Gasteiger partial charge on any atom is 0.267 e. The second kappa shape index (κ2) is 31.5. The van der Waals surface area contributed by atoms with E-state index in [0.717, 1.165) is 38.5 Å². The molecule has 0 aromatic rings. The first-order chi connectivity index (χ1) is 21.3. The Balaban J connectivity index is 4.08. The Morgan fingerprint density at radius 2 is 0.977 bits per heavy atom. The zero-order chi connectivity index (χ0) is 32.6. The highest BCUT2D eigenvalue weighted by atomic mass is 32.2. The zero-order valence-corrected chi connectivity index (χ0v) is 29.3. The third-order valence-electron chi connectivity index (χ3n) is 8.05. The number of aliphatic hydroxyl groups is 1. The van der Waals surface area contributed by atoms with Gasteiger partial charge in [-0.25, -0.2) is 0 Å². The highest BCUT2D eigenvalue weighted by molar-refractivity contribution is 7.85. The minimum Gasteiger partial charge on any atom is -0.387 e. The lowest BCUT2D eigenvalue weighted by Gasteiger charge is -2.21. The molecule has 0 heterocycles. The van der Waals surface area contributed by atoms with Crippen LogP contribution in [0.3, 0.4) is 0 Å². The standard InChI is InChI=1S/C37H69NO5S/c1-3-5-7-9-11-13-15-17-18-19-20-21-22-24-26-28-30-32-36(39)35(34-44(41,42)43)38-37(40)33-31-29-27-25-23-16-14-12-10-8-6-4-2/h18-19,22,24,30,32,35-36,39H,3-17,20-21,23,25-29,31,33-34H2,1-2H3,(H,38,40)(H,41,42,43)/b19-18+,24-22+,32-30+. The molecule has 6 nitrogen and oxygen atoms in total. The molecule has 0 aliphatic rings. The van der Waals surface area contributed by atoms with E-state index < -0.39 is 28.0 Å². The first-order valence-electron chi connectivity index (χ1n) is 18.2. The van der Waals surface area contributed by atoms with Crippen LogP contribution in [0.1, 0.15) is 174 Å². The van der Waals surface area contributed by atoms with Gasteiger partial charge in [0.2, 0.25) is 5.91 Å². The molecule has 0 bridgehead atoms. The van der Waals surface area contributed by atoms with Crippen molar-refractivity contribution >= 4 is 16.0 Å². The van der Waals surface area contributed by atoms with E-state index in [1.165, 1.54) is 115 Å². The van der Waals surface area contributed by atoms with Crippen molar-refractivity contribution in [3.63, 3.8) is 0 Å². The first kappa shape index (κ1) is 42.6. The highest BCUT2D eigenvalue weighted by Crippen LogP contribution is 2.13. The Bertz CT molecular complexity index is 837. The molecule has 0 saturated heterocycles. The minimum absolute atomic E-state index is 0.287. The van der Waals surface area contributed by atoms with Gasteiger partial charge >= 0.3 is 0 Å². The number of carbonyl (C=O) groups excluding carboxylic acids is 1. The van der Waals surface area contributed by atoms with Crippen LogP contribution in [0.2, 0.25) is 0 Å². The van der Waals surface area contributed by atoms with Crippen LogP contribution < -0.4 is 5.32 Å². The van der Waals surface area contributed by atoms with Gasteiger partial charge in [0.05, 0.1) is 17.9 Å². The Morgan fingerprint density at radius 3 is 1.43 bits per heavy atom. The monoisotopic (exact) mass is 639 g/mol. The number of hydrogen-bond donors (Lipinski definition) is 3. The van der Waals surface area contributed by atoms with Crippen LogP contribution in [-0.4, -0.2) is 41.9 Å². The van der Waals surface area contributed by atoms with E-state index in [4.69, 9.17) is 0 Å². The van der Waals surface area contributed by atoms with Gasteiger partial charge in [-0.2, -0.15) is 8.42 Å². The molecule has 2 atom stereocenters. The fourth-order valence-corrected chi connectivity index (χ4v) is 6.04. The lowest BCUT2D eigenvalue weighted by molar-refractivity contribution is -0.122. The van der Waals surface area contributed by atoms with Gasteiger partial charge in [-0.1, -0.05) is 159 Å². The van der Waals surface area contributed by atoms with Gasteiger partial charge in [-0.3, -0.25) is 9.35 Å². The molecule has 0 aromatic carbocycles. The quantitative estimate of drug-likeness (QED) is 0.0386. The summed E-state index contributed by atoms with van der Waals surface area (Å²) in [5.74, 6) is -1.01. The minimum atomic E-state index is -4.35. The summed E-state index contributed by atoms with van der Waals surface area (Å²) >= 11 is 0. The van der Waals surface area contributed by atoms with Gasteiger partial charge in [0.1, 0.15) is 0 Å². The second-order valence-electron chi connectivity index (χ2n) is 12.5. The number of allylic oxidation sites excluding steroid dienone is 5. The van der Waals surface area contributed by atoms with Crippen molar-refractivity contribution in [3.8, 4) is 0 Å². The predicted molar refractivity (Wildman–Crippen MR) is 189 cm³/mol. The van der Waals surface area contributed by atoms with Crippen molar-refractivity contribution in [2.24, 2.45) is 0 Å². The van der Waals surface area contributed by atoms with Gasteiger partial charge in [0.15, 0.2) is 0 Å². The second-order valence-corrected chi connectivity index (χ2v) is 14.0. The summed E-state index contributed by atoms with van der Waals surface area (Å²) in [6, 6.07) is -1.07.